The molecule has 0 spiro atoms. The third-order valence-corrected chi connectivity index (χ3v) is 2.64. The lowest BCUT2D eigenvalue weighted by molar-refractivity contribution is 0.296. The van der Waals surface area contributed by atoms with Crippen LogP contribution in [0.5, 0.6) is 0 Å². The number of ether oxygens (including phenoxy) is 1. The molecule has 1 aliphatic carbocycles. The van der Waals surface area contributed by atoms with Crippen LogP contribution in [0.25, 0.3) is 0 Å². The highest BCUT2D eigenvalue weighted by Crippen LogP contribution is 2.28. The molecule has 0 aliphatic heterocycles. The van der Waals surface area contributed by atoms with Crippen molar-refractivity contribution in [3.05, 3.63) is 71.7 Å². The largest absolute Gasteiger partial charge is 0.515 e. The summed E-state index contributed by atoms with van der Waals surface area (Å²) >= 11 is 0. The van der Waals surface area contributed by atoms with E-state index in [9.17, 15) is 0 Å². The molecule has 82 valence electrons. The van der Waals surface area contributed by atoms with Crippen LogP contribution in [-0.2, 0) is 4.74 Å². The van der Waals surface area contributed by atoms with Crippen LogP contribution < -0.4 is 0 Å². The molecular weight excluding hydrogens is 200 g/mol. The Hall–Kier alpha value is -1.96. The molecule has 1 atom stereocenters. The maximum atomic E-state index is 9.02. The molecule has 0 radical (unpaired) electrons. The SMILES string of the molecule is COC1=C[C@@H](c2ccccc2)C=C/C1=C/O. The average molecular weight is 214 g/mol. The third-order valence-electron chi connectivity index (χ3n) is 2.64. The number of hydrogen-bond donors (Lipinski definition) is 1. The van der Waals surface area contributed by atoms with Crippen molar-refractivity contribution in [1.82, 2.24) is 0 Å². The van der Waals surface area contributed by atoms with Crippen molar-refractivity contribution >= 4 is 0 Å². The van der Waals surface area contributed by atoms with E-state index in [2.05, 4.69) is 12.1 Å². The molecule has 0 saturated heterocycles. The van der Waals surface area contributed by atoms with Gasteiger partial charge in [-0.15, -0.1) is 0 Å². The van der Waals surface area contributed by atoms with E-state index >= 15 is 0 Å². The molecule has 2 heteroatoms. The van der Waals surface area contributed by atoms with E-state index in [0.717, 1.165) is 6.26 Å². The molecule has 0 fully saturated rings. The van der Waals surface area contributed by atoms with Crippen LogP contribution >= 0.6 is 0 Å². The van der Waals surface area contributed by atoms with Crippen molar-refractivity contribution < 1.29 is 9.84 Å². The summed E-state index contributed by atoms with van der Waals surface area (Å²) in [5.74, 6) is 0.915. The third kappa shape index (κ3) is 2.01. The van der Waals surface area contributed by atoms with E-state index in [1.54, 1.807) is 7.11 Å². The molecule has 0 aromatic heterocycles. The molecule has 0 saturated carbocycles. The van der Waals surface area contributed by atoms with Crippen LogP contribution in [0.4, 0.5) is 0 Å². The molecule has 0 unspecified atom stereocenters. The van der Waals surface area contributed by atoms with Crippen molar-refractivity contribution in [2.75, 3.05) is 7.11 Å². The minimum absolute atomic E-state index is 0.208. The minimum atomic E-state index is 0.208. The average Bonchev–Trinajstić information content (AvgIpc) is 2.39. The van der Waals surface area contributed by atoms with Gasteiger partial charge in [0.05, 0.1) is 18.9 Å². The summed E-state index contributed by atoms with van der Waals surface area (Å²) in [5.41, 5.74) is 1.92. The van der Waals surface area contributed by atoms with Crippen molar-refractivity contribution in [2.24, 2.45) is 0 Å². The summed E-state index contributed by atoms with van der Waals surface area (Å²) in [6.07, 6.45) is 6.97. The lowest BCUT2D eigenvalue weighted by Crippen LogP contribution is -2.02. The number of methoxy groups -OCH3 is 1. The zero-order chi connectivity index (χ0) is 11.4. The zero-order valence-electron chi connectivity index (χ0n) is 9.13. The highest BCUT2D eigenvalue weighted by atomic mass is 16.5. The van der Waals surface area contributed by atoms with E-state index in [1.807, 2.05) is 36.4 Å². The number of rotatable bonds is 2. The first-order chi connectivity index (χ1) is 7.85. The summed E-state index contributed by atoms with van der Waals surface area (Å²) < 4.78 is 5.23. The Labute approximate surface area is 95.2 Å². The van der Waals surface area contributed by atoms with Crippen molar-refractivity contribution in [3.63, 3.8) is 0 Å². The van der Waals surface area contributed by atoms with E-state index < -0.39 is 0 Å². The molecule has 1 aliphatic rings. The van der Waals surface area contributed by atoms with Crippen molar-refractivity contribution in [1.29, 1.82) is 0 Å². The van der Waals surface area contributed by atoms with Crippen LogP contribution in [0.1, 0.15) is 11.5 Å². The molecule has 0 heterocycles. The number of allylic oxidation sites excluding steroid dienone is 3. The fourth-order valence-corrected chi connectivity index (χ4v) is 1.78. The lowest BCUT2D eigenvalue weighted by Gasteiger charge is -2.17. The molecule has 0 bridgehead atoms. The van der Waals surface area contributed by atoms with E-state index in [-0.39, 0.29) is 5.92 Å². The second-order valence-electron chi connectivity index (χ2n) is 3.62. The number of benzene rings is 1. The Morgan fingerprint density at radius 2 is 2.00 bits per heavy atom. The maximum Gasteiger partial charge on any atom is 0.126 e. The van der Waals surface area contributed by atoms with Gasteiger partial charge in [0, 0.05) is 5.92 Å². The van der Waals surface area contributed by atoms with Gasteiger partial charge in [-0.25, -0.2) is 0 Å². The molecule has 16 heavy (non-hydrogen) atoms. The van der Waals surface area contributed by atoms with Gasteiger partial charge in [0.15, 0.2) is 0 Å². The fourth-order valence-electron chi connectivity index (χ4n) is 1.78. The van der Waals surface area contributed by atoms with Gasteiger partial charge in [0.1, 0.15) is 5.76 Å². The smallest absolute Gasteiger partial charge is 0.126 e. The zero-order valence-corrected chi connectivity index (χ0v) is 9.13. The summed E-state index contributed by atoms with van der Waals surface area (Å²) in [7, 11) is 1.61. The highest BCUT2D eigenvalue weighted by Gasteiger charge is 2.14. The van der Waals surface area contributed by atoms with Crippen LogP contribution in [0.3, 0.4) is 0 Å². The van der Waals surface area contributed by atoms with Crippen LogP contribution in [0.2, 0.25) is 0 Å². The van der Waals surface area contributed by atoms with E-state index in [1.165, 1.54) is 5.56 Å². The first-order valence-corrected chi connectivity index (χ1v) is 5.19. The first-order valence-electron chi connectivity index (χ1n) is 5.19. The Kier molecular flexibility index (Phi) is 3.10. The normalized spacial score (nSPS) is 21.9. The van der Waals surface area contributed by atoms with Gasteiger partial charge in [-0.05, 0) is 11.6 Å². The summed E-state index contributed by atoms with van der Waals surface area (Å²) in [5, 5.41) is 9.02. The molecule has 2 rings (SSSR count). The van der Waals surface area contributed by atoms with Gasteiger partial charge < -0.3 is 9.84 Å². The first kappa shape index (κ1) is 10.6. The Morgan fingerprint density at radius 1 is 1.25 bits per heavy atom. The molecular formula is C14H14O2. The number of hydrogen-bond acceptors (Lipinski definition) is 2. The maximum absolute atomic E-state index is 9.02. The monoisotopic (exact) mass is 214 g/mol. The standard InChI is InChI=1S/C14H14O2/c1-16-14-9-12(7-8-13(14)10-15)11-5-3-2-4-6-11/h2-10,12,15H,1H3/b13-10-/t12-/m0/s1. The molecule has 0 amide bonds. The van der Waals surface area contributed by atoms with Gasteiger partial charge in [-0.1, -0.05) is 42.5 Å². The number of aliphatic hydroxyl groups is 1. The molecule has 1 aromatic carbocycles. The van der Waals surface area contributed by atoms with Crippen molar-refractivity contribution in [3.8, 4) is 0 Å². The quantitative estimate of drug-likeness (QED) is 0.765. The Bertz CT molecular complexity index is 441. The van der Waals surface area contributed by atoms with Gasteiger partial charge in [0.25, 0.3) is 0 Å². The second-order valence-corrected chi connectivity index (χ2v) is 3.62. The van der Waals surface area contributed by atoms with Gasteiger partial charge in [-0.3, -0.25) is 0 Å². The lowest BCUT2D eigenvalue weighted by atomic mass is 9.92. The van der Waals surface area contributed by atoms with Crippen LogP contribution in [0.15, 0.2) is 66.2 Å². The van der Waals surface area contributed by atoms with Gasteiger partial charge in [0.2, 0.25) is 0 Å². The molecule has 1 N–H and O–H groups in total. The van der Waals surface area contributed by atoms with Gasteiger partial charge >= 0.3 is 0 Å². The summed E-state index contributed by atoms with van der Waals surface area (Å²) in [4.78, 5) is 0. The highest BCUT2D eigenvalue weighted by molar-refractivity contribution is 5.44. The Morgan fingerprint density at radius 3 is 2.62 bits per heavy atom. The van der Waals surface area contributed by atoms with Crippen LogP contribution in [0, 0.1) is 0 Å². The van der Waals surface area contributed by atoms with Gasteiger partial charge in [-0.2, -0.15) is 0 Å². The summed E-state index contributed by atoms with van der Waals surface area (Å²) in [6.45, 7) is 0. The number of aliphatic hydroxyl groups excluding tert-OH is 1. The van der Waals surface area contributed by atoms with Crippen molar-refractivity contribution in [2.45, 2.75) is 5.92 Å². The Balaban J connectivity index is 2.31. The molecule has 1 aromatic rings. The van der Waals surface area contributed by atoms with Crippen LogP contribution in [-0.4, -0.2) is 12.2 Å². The summed E-state index contributed by atoms with van der Waals surface area (Å²) in [6, 6.07) is 10.2. The predicted molar refractivity (Wildman–Crippen MR) is 64.1 cm³/mol. The second kappa shape index (κ2) is 4.71. The fraction of sp³-hybridized carbons (Fsp3) is 0.143. The molecule has 2 nitrogen and oxygen atoms in total. The minimum Gasteiger partial charge on any atom is -0.515 e. The van der Waals surface area contributed by atoms with E-state index in [4.69, 9.17) is 9.84 Å². The van der Waals surface area contributed by atoms with E-state index in [0.29, 0.717) is 11.3 Å². The predicted octanol–water partition coefficient (Wildman–Crippen LogP) is 3.31. The topological polar surface area (TPSA) is 29.5 Å².